The molecule has 0 amide bonds. The molecule has 0 heterocycles. The summed E-state index contributed by atoms with van der Waals surface area (Å²) in [5, 5.41) is 2.66. The van der Waals surface area contributed by atoms with Crippen molar-refractivity contribution < 1.29 is 18.5 Å². The summed E-state index contributed by atoms with van der Waals surface area (Å²) in [4.78, 5) is 0. The first-order chi connectivity index (χ1) is 11.0. The van der Waals surface area contributed by atoms with Gasteiger partial charge in [0.2, 0.25) is 0 Å². The summed E-state index contributed by atoms with van der Waals surface area (Å²) < 4.78 is 0. The molecule has 0 nitrogen and oxygen atoms in total. The fraction of sp³-hybridized carbons (Fsp3) is 0.300. The van der Waals surface area contributed by atoms with Crippen molar-refractivity contribution in [1.82, 2.24) is 0 Å². The van der Waals surface area contributed by atoms with E-state index in [2.05, 4.69) is 102 Å². The number of fused-ring (bicyclic) bond motifs is 1. The minimum Gasteiger partial charge on any atom is -0.168 e. The van der Waals surface area contributed by atoms with Crippen LogP contribution in [0.4, 0.5) is 0 Å². The molecule has 0 bridgehead atoms. The van der Waals surface area contributed by atoms with Gasteiger partial charge in [0.05, 0.1) is 0 Å². The van der Waals surface area contributed by atoms with E-state index in [1.165, 1.54) is 39.4 Å². The maximum atomic E-state index is 3.23. The average molecular weight is 515 g/mol. The van der Waals surface area contributed by atoms with E-state index in [1.807, 2.05) is 0 Å². The van der Waals surface area contributed by atoms with Gasteiger partial charge in [-0.2, -0.15) is 45.3 Å². The van der Waals surface area contributed by atoms with E-state index >= 15 is 0 Å². The number of rotatable bonds is 1. The monoisotopic (exact) mass is 512 g/mol. The quantitative estimate of drug-likeness (QED) is 0.296. The first-order valence-electron chi connectivity index (χ1n) is 7.76. The van der Waals surface area contributed by atoms with E-state index in [9.17, 15) is 0 Å². The standard InChI is InChI=1S/C11H17.C9H7.2BrH.Zr/c1-6-11-9(4)7(2)8(3)10(11)5;1-2-5-9-7-3-6-8(9)4-1;;;/h6H2,1-5H3;1-7H;2*1H;/q2*-1;;;+4/p-2. The van der Waals surface area contributed by atoms with Gasteiger partial charge in [0.25, 0.3) is 0 Å². The van der Waals surface area contributed by atoms with Crippen LogP contribution < -0.4 is 0 Å². The topological polar surface area (TPSA) is 0 Å². The van der Waals surface area contributed by atoms with Gasteiger partial charge in [-0.25, -0.2) is 0 Å². The summed E-state index contributed by atoms with van der Waals surface area (Å²) in [5.41, 5.74) is 7.53. The fourth-order valence-electron chi connectivity index (χ4n) is 2.90. The Labute approximate surface area is 163 Å². The van der Waals surface area contributed by atoms with E-state index in [0.29, 0.717) is 0 Å². The molecule has 3 heteroatoms. The molecule has 0 atom stereocenters. The molecular formula is C20H24Br2Zr. The number of benzene rings is 1. The van der Waals surface area contributed by atoms with Gasteiger partial charge < -0.3 is 0 Å². The van der Waals surface area contributed by atoms with E-state index in [0.717, 1.165) is 0 Å². The van der Waals surface area contributed by atoms with Crippen molar-refractivity contribution in [3.8, 4) is 0 Å². The summed E-state index contributed by atoms with van der Waals surface area (Å²) in [6.45, 7) is 11.1. The van der Waals surface area contributed by atoms with Crippen molar-refractivity contribution in [1.29, 1.82) is 0 Å². The van der Waals surface area contributed by atoms with E-state index in [-0.39, 0.29) is 18.5 Å². The van der Waals surface area contributed by atoms with E-state index in [1.54, 1.807) is 5.56 Å². The Hall–Kier alpha value is 0.0231. The van der Waals surface area contributed by atoms with Gasteiger partial charge in [-0.15, -0.1) is 29.7 Å². The smallest absolute Gasteiger partial charge is 0.0809 e. The van der Waals surface area contributed by atoms with Crippen molar-refractivity contribution in [3.05, 3.63) is 70.3 Å². The van der Waals surface area contributed by atoms with Crippen molar-refractivity contribution >= 4 is 35.2 Å². The predicted octanol–water partition coefficient (Wildman–Crippen LogP) is 7.45. The molecule has 0 unspecified atom stereocenters. The van der Waals surface area contributed by atoms with E-state index < -0.39 is 0 Å². The number of hydrogen-bond donors (Lipinski definition) is 0. The van der Waals surface area contributed by atoms with Gasteiger partial charge in [-0.3, -0.25) is 0 Å². The van der Waals surface area contributed by atoms with Crippen LogP contribution in [0.5, 0.6) is 0 Å². The van der Waals surface area contributed by atoms with E-state index in [4.69, 9.17) is 0 Å². The normalized spacial score (nSPS) is 9.52. The molecule has 0 aliphatic carbocycles. The van der Waals surface area contributed by atoms with Gasteiger partial charge in [0.15, 0.2) is 0 Å². The van der Waals surface area contributed by atoms with Crippen LogP contribution in [-0.4, -0.2) is 0 Å². The van der Waals surface area contributed by atoms with Crippen LogP contribution in [0.3, 0.4) is 0 Å². The van der Waals surface area contributed by atoms with Gasteiger partial charge in [0.1, 0.15) is 0 Å². The average Bonchev–Trinajstić information content (AvgIpc) is 3.09. The minimum absolute atomic E-state index is 0.145. The molecule has 0 aromatic heterocycles. The van der Waals surface area contributed by atoms with Crippen LogP contribution in [0.15, 0.2) is 42.5 Å². The maximum absolute atomic E-state index is 3.23. The van der Waals surface area contributed by atoms with Crippen molar-refractivity contribution in [2.45, 2.75) is 41.0 Å². The first kappa shape index (κ1) is 21.1. The van der Waals surface area contributed by atoms with Gasteiger partial charge in [-0.1, -0.05) is 47.1 Å². The molecule has 0 fully saturated rings. The molecule has 0 N–H and O–H groups in total. The Kier molecular flexibility index (Phi) is 9.89. The van der Waals surface area contributed by atoms with Gasteiger partial charge >= 0.3 is 43.0 Å². The molecule has 0 spiro atoms. The second kappa shape index (κ2) is 10.8. The third kappa shape index (κ3) is 5.80. The molecule has 23 heavy (non-hydrogen) atoms. The molecule has 0 aliphatic heterocycles. The first-order valence-corrected chi connectivity index (χ1v) is 19.0. The Balaban J connectivity index is 0.000000199. The molecule has 0 saturated carbocycles. The van der Waals surface area contributed by atoms with Crippen molar-refractivity contribution in [2.75, 3.05) is 0 Å². The number of halogens is 2. The Morgan fingerprint density at radius 2 is 1.48 bits per heavy atom. The molecule has 122 valence electrons. The van der Waals surface area contributed by atoms with Crippen molar-refractivity contribution in [2.24, 2.45) is 0 Å². The third-order valence-corrected chi connectivity index (χ3v) is 4.49. The Bertz CT molecular complexity index is 667. The number of hydrogen-bond acceptors (Lipinski definition) is 0. The molecule has 0 saturated heterocycles. The second-order valence-electron chi connectivity index (χ2n) is 5.56. The summed E-state index contributed by atoms with van der Waals surface area (Å²) in [6, 6.07) is 14.7. The molecule has 0 radical (unpaired) electrons. The Morgan fingerprint density at radius 3 is 1.91 bits per heavy atom. The summed E-state index contributed by atoms with van der Waals surface area (Å²) in [5.74, 6) is 0. The molecule has 0 aliphatic rings. The summed E-state index contributed by atoms with van der Waals surface area (Å²) in [6.07, 6.45) is 1.17. The summed E-state index contributed by atoms with van der Waals surface area (Å²) >= 11 is 6.32. The maximum Gasteiger partial charge on any atom is -0.0809 e. The zero-order valence-corrected chi connectivity index (χ0v) is 20.1. The Morgan fingerprint density at radius 1 is 0.957 bits per heavy atom. The van der Waals surface area contributed by atoms with Crippen LogP contribution in [-0.2, 0) is 25.0 Å². The summed E-state index contributed by atoms with van der Waals surface area (Å²) in [7, 11) is 0. The zero-order chi connectivity index (χ0) is 17.4. The molecule has 3 aromatic rings. The van der Waals surface area contributed by atoms with Crippen LogP contribution in [0.2, 0.25) is 0 Å². The molecular weight excluding hydrogens is 491 g/mol. The minimum atomic E-state index is -0.145. The van der Waals surface area contributed by atoms with Crippen LogP contribution >= 0.6 is 24.4 Å². The largest absolute Gasteiger partial charge is 0.168 e. The van der Waals surface area contributed by atoms with Crippen molar-refractivity contribution in [3.63, 3.8) is 0 Å². The van der Waals surface area contributed by atoms with Crippen LogP contribution in [0.25, 0.3) is 10.8 Å². The van der Waals surface area contributed by atoms with Crippen LogP contribution in [0.1, 0.15) is 34.7 Å². The third-order valence-electron chi connectivity index (χ3n) is 4.49. The second-order valence-corrected chi connectivity index (χ2v) is 16.9. The SMILES string of the molecule is CC[c-]1c(C)c(C)c(C)c1C.[Br][Zr+2][Br].c1ccc2[cH-]ccc2c1. The van der Waals surface area contributed by atoms with Gasteiger partial charge in [0, 0.05) is 0 Å². The molecule has 3 aromatic carbocycles. The fourth-order valence-corrected chi connectivity index (χ4v) is 2.90. The predicted molar refractivity (Wildman–Crippen MR) is 108 cm³/mol. The van der Waals surface area contributed by atoms with Gasteiger partial charge in [-0.05, 0) is 0 Å². The van der Waals surface area contributed by atoms with Crippen LogP contribution in [0, 0.1) is 27.7 Å². The zero-order valence-electron chi connectivity index (χ0n) is 14.5. The molecule has 3 rings (SSSR count).